The third kappa shape index (κ3) is 5.02. The Labute approximate surface area is 134 Å². The summed E-state index contributed by atoms with van der Waals surface area (Å²) in [6.07, 6.45) is 2.26. The highest BCUT2D eigenvalue weighted by Gasteiger charge is 2.19. The van der Waals surface area contributed by atoms with Crippen LogP contribution in [0.3, 0.4) is 0 Å². The molecule has 1 aliphatic heterocycles. The molecule has 1 aliphatic rings. The second-order valence-electron chi connectivity index (χ2n) is 6.18. The number of nitrogens with zero attached hydrogens (tertiary/aromatic N) is 2. The van der Waals surface area contributed by atoms with Gasteiger partial charge in [0.1, 0.15) is 0 Å². The Balaban J connectivity index is 1.73. The SMILES string of the molecule is CN=C(NCCC(C)c1ccccc1)N(C)CC1CCOC1. The third-order valence-electron chi connectivity index (χ3n) is 4.36. The van der Waals surface area contributed by atoms with Gasteiger partial charge in [-0.25, -0.2) is 0 Å². The minimum atomic E-state index is 0.556. The maximum Gasteiger partial charge on any atom is 0.193 e. The Hall–Kier alpha value is -1.55. The molecule has 0 aromatic heterocycles. The van der Waals surface area contributed by atoms with Gasteiger partial charge in [0.15, 0.2) is 5.96 Å². The summed E-state index contributed by atoms with van der Waals surface area (Å²) < 4.78 is 5.45. The number of hydrogen-bond donors (Lipinski definition) is 1. The van der Waals surface area contributed by atoms with Crippen LogP contribution in [0.5, 0.6) is 0 Å². The van der Waals surface area contributed by atoms with E-state index in [-0.39, 0.29) is 0 Å². The Morgan fingerprint density at radius 2 is 2.18 bits per heavy atom. The van der Waals surface area contributed by atoms with Crippen molar-refractivity contribution in [2.45, 2.75) is 25.7 Å². The largest absolute Gasteiger partial charge is 0.381 e. The second-order valence-corrected chi connectivity index (χ2v) is 6.18. The van der Waals surface area contributed by atoms with Crippen LogP contribution in [0.2, 0.25) is 0 Å². The number of benzene rings is 1. The predicted octanol–water partition coefficient (Wildman–Crippen LogP) is 2.72. The minimum Gasteiger partial charge on any atom is -0.381 e. The van der Waals surface area contributed by atoms with Crippen LogP contribution >= 0.6 is 0 Å². The zero-order chi connectivity index (χ0) is 15.8. The quantitative estimate of drug-likeness (QED) is 0.648. The van der Waals surface area contributed by atoms with Crippen molar-refractivity contribution in [2.24, 2.45) is 10.9 Å². The van der Waals surface area contributed by atoms with Crippen molar-refractivity contribution in [2.75, 3.05) is 40.4 Å². The number of hydrogen-bond acceptors (Lipinski definition) is 2. The molecule has 1 aromatic rings. The summed E-state index contributed by atoms with van der Waals surface area (Å²) in [6, 6.07) is 10.7. The van der Waals surface area contributed by atoms with Crippen LogP contribution in [0, 0.1) is 5.92 Å². The van der Waals surface area contributed by atoms with E-state index in [4.69, 9.17) is 4.74 Å². The topological polar surface area (TPSA) is 36.9 Å². The first-order valence-corrected chi connectivity index (χ1v) is 8.25. The van der Waals surface area contributed by atoms with E-state index >= 15 is 0 Å². The normalized spacial score (nSPS) is 20.0. The molecule has 2 rings (SSSR count). The van der Waals surface area contributed by atoms with E-state index in [9.17, 15) is 0 Å². The first-order chi connectivity index (χ1) is 10.7. The molecule has 0 radical (unpaired) electrons. The molecule has 0 aliphatic carbocycles. The molecule has 2 unspecified atom stereocenters. The van der Waals surface area contributed by atoms with E-state index in [0.717, 1.165) is 45.1 Å². The van der Waals surface area contributed by atoms with E-state index in [2.05, 4.69) is 59.5 Å². The molecule has 22 heavy (non-hydrogen) atoms. The van der Waals surface area contributed by atoms with Crippen molar-refractivity contribution >= 4 is 5.96 Å². The van der Waals surface area contributed by atoms with Crippen molar-refractivity contribution < 1.29 is 4.74 Å². The molecule has 4 nitrogen and oxygen atoms in total. The van der Waals surface area contributed by atoms with Gasteiger partial charge in [-0.1, -0.05) is 37.3 Å². The Bertz CT molecular complexity index is 455. The second kappa shape index (κ2) is 8.79. The standard InChI is InChI=1S/C18H29N3O/c1-15(17-7-5-4-6-8-17)9-11-20-18(19-2)21(3)13-16-10-12-22-14-16/h4-8,15-16H,9-14H2,1-3H3,(H,19,20). The fourth-order valence-corrected chi connectivity index (χ4v) is 2.93. The van der Waals surface area contributed by atoms with E-state index < -0.39 is 0 Å². The van der Waals surface area contributed by atoms with Gasteiger partial charge < -0.3 is 15.0 Å². The lowest BCUT2D eigenvalue weighted by Crippen LogP contribution is -2.42. The van der Waals surface area contributed by atoms with Gasteiger partial charge in [-0.15, -0.1) is 0 Å². The number of nitrogens with one attached hydrogen (secondary N) is 1. The molecule has 0 saturated carbocycles. The maximum absolute atomic E-state index is 5.45. The zero-order valence-corrected chi connectivity index (χ0v) is 14.1. The highest BCUT2D eigenvalue weighted by molar-refractivity contribution is 5.79. The Morgan fingerprint density at radius 1 is 1.41 bits per heavy atom. The summed E-state index contributed by atoms with van der Waals surface area (Å²) in [5.41, 5.74) is 1.40. The summed E-state index contributed by atoms with van der Waals surface area (Å²) in [6.45, 7) is 6.01. The monoisotopic (exact) mass is 303 g/mol. The molecule has 1 saturated heterocycles. The number of guanidine groups is 1. The predicted molar refractivity (Wildman–Crippen MR) is 92.4 cm³/mol. The van der Waals surface area contributed by atoms with E-state index in [1.165, 1.54) is 5.56 Å². The van der Waals surface area contributed by atoms with Gasteiger partial charge in [0.2, 0.25) is 0 Å². The third-order valence-corrected chi connectivity index (χ3v) is 4.36. The molecule has 1 heterocycles. The first-order valence-electron chi connectivity index (χ1n) is 8.25. The van der Waals surface area contributed by atoms with Crippen LogP contribution in [0.4, 0.5) is 0 Å². The molecular formula is C18H29N3O. The van der Waals surface area contributed by atoms with Crippen LogP contribution in [-0.2, 0) is 4.74 Å². The maximum atomic E-state index is 5.45. The highest BCUT2D eigenvalue weighted by Crippen LogP contribution is 2.17. The van der Waals surface area contributed by atoms with Gasteiger partial charge >= 0.3 is 0 Å². The first kappa shape index (κ1) is 16.8. The van der Waals surface area contributed by atoms with Crippen LogP contribution in [0.1, 0.15) is 31.2 Å². The summed E-state index contributed by atoms with van der Waals surface area (Å²) in [7, 11) is 3.96. The van der Waals surface area contributed by atoms with Crippen molar-refractivity contribution in [3.05, 3.63) is 35.9 Å². The lowest BCUT2D eigenvalue weighted by atomic mass is 9.98. The molecule has 0 spiro atoms. The smallest absolute Gasteiger partial charge is 0.193 e. The molecule has 1 N–H and O–H groups in total. The molecule has 2 atom stereocenters. The van der Waals surface area contributed by atoms with E-state index in [1.54, 1.807) is 0 Å². The van der Waals surface area contributed by atoms with Crippen molar-refractivity contribution in [1.29, 1.82) is 0 Å². The molecular weight excluding hydrogens is 274 g/mol. The van der Waals surface area contributed by atoms with Gasteiger partial charge in [0, 0.05) is 39.7 Å². The van der Waals surface area contributed by atoms with Gasteiger partial charge in [-0.2, -0.15) is 0 Å². The highest BCUT2D eigenvalue weighted by atomic mass is 16.5. The Morgan fingerprint density at radius 3 is 2.82 bits per heavy atom. The molecule has 1 fully saturated rings. The number of ether oxygens (including phenoxy) is 1. The van der Waals surface area contributed by atoms with E-state index in [1.807, 2.05) is 7.05 Å². The minimum absolute atomic E-state index is 0.556. The summed E-state index contributed by atoms with van der Waals surface area (Å²) in [5.74, 6) is 2.17. The van der Waals surface area contributed by atoms with Crippen molar-refractivity contribution in [1.82, 2.24) is 10.2 Å². The van der Waals surface area contributed by atoms with Crippen LogP contribution in [0.25, 0.3) is 0 Å². The average Bonchev–Trinajstić information content (AvgIpc) is 3.05. The fourth-order valence-electron chi connectivity index (χ4n) is 2.93. The number of aliphatic imine (C=N–C) groups is 1. The number of rotatable bonds is 6. The average molecular weight is 303 g/mol. The molecule has 0 amide bonds. The molecule has 1 aromatic carbocycles. The van der Waals surface area contributed by atoms with Crippen molar-refractivity contribution in [3.8, 4) is 0 Å². The molecule has 0 bridgehead atoms. The summed E-state index contributed by atoms with van der Waals surface area (Å²) >= 11 is 0. The van der Waals surface area contributed by atoms with Gasteiger partial charge in [0.05, 0.1) is 6.61 Å². The Kier molecular flexibility index (Phi) is 6.72. The summed E-state index contributed by atoms with van der Waals surface area (Å²) in [4.78, 5) is 6.61. The van der Waals surface area contributed by atoms with Crippen LogP contribution in [0.15, 0.2) is 35.3 Å². The van der Waals surface area contributed by atoms with Gasteiger partial charge in [0.25, 0.3) is 0 Å². The van der Waals surface area contributed by atoms with Crippen molar-refractivity contribution in [3.63, 3.8) is 0 Å². The van der Waals surface area contributed by atoms with Crippen LogP contribution in [-0.4, -0.2) is 51.3 Å². The molecule has 4 heteroatoms. The van der Waals surface area contributed by atoms with Gasteiger partial charge in [-0.05, 0) is 24.3 Å². The fraction of sp³-hybridized carbons (Fsp3) is 0.611. The summed E-state index contributed by atoms with van der Waals surface area (Å²) in [5, 5.41) is 3.48. The van der Waals surface area contributed by atoms with E-state index in [0.29, 0.717) is 11.8 Å². The lowest BCUT2D eigenvalue weighted by Gasteiger charge is -2.25. The molecule has 122 valence electrons. The van der Waals surface area contributed by atoms with Crippen LogP contribution < -0.4 is 5.32 Å². The lowest BCUT2D eigenvalue weighted by molar-refractivity contribution is 0.181. The van der Waals surface area contributed by atoms with Gasteiger partial charge in [-0.3, -0.25) is 4.99 Å². The zero-order valence-electron chi connectivity index (χ0n) is 14.1.